The first kappa shape index (κ1) is 36.0. The Morgan fingerprint density at radius 2 is 1.30 bits per heavy atom. The van der Waals surface area contributed by atoms with Gasteiger partial charge in [0, 0.05) is 24.6 Å². The van der Waals surface area contributed by atoms with Crippen LogP contribution >= 0.6 is 0 Å². The van der Waals surface area contributed by atoms with Gasteiger partial charge in [-0.2, -0.15) is 0 Å². The summed E-state index contributed by atoms with van der Waals surface area (Å²) in [4.78, 5) is 37.8. The fraction of sp³-hybridized carbons (Fsp3) is 0.395. The molecule has 6 heteroatoms. The van der Waals surface area contributed by atoms with Crippen LogP contribution < -0.4 is 10.6 Å². The summed E-state index contributed by atoms with van der Waals surface area (Å²) in [5.74, 6) is -0.887. The quantitative estimate of drug-likeness (QED) is 0.159. The van der Waals surface area contributed by atoms with Crippen LogP contribution in [0.2, 0.25) is 0 Å². The third kappa shape index (κ3) is 13.9. The van der Waals surface area contributed by atoms with Crippen molar-refractivity contribution in [2.24, 2.45) is 0 Å². The fourth-order valence-corrected chi connectivity index (χ4v) is 4.35. The molecule has 1 aliphatic rings. The molecule has 0 radical (unpaired) electrons. The van der Waals surface area contributed by atoms with E-state index in [0.29, 0.717) is 18.4 Å². The number of amides is 2. The van der Waals surface area contributed by atoms with Crippen molar-refractivity contribution in [1.82, 2.24) is 10.6 Å². The van der Waals surface area contributed by atoms with Crippen LogP contribution in [0.1, 0.15) is 84.6 Å². The highest BCUT2D eigenvalue weighted by atomic mass is 16.5. The zero-order valence-electron chi connectivity index (χ0n) is 26.9. The zero-order valence-corrected chi connectivity index (χ0v) is 26.9. The lowest BCUT2D eigenvalue weighted by Gasteiger charge is -2.27. The van der Waals surface area contributed by atoms with Crippen LogP contribution in [0.4, 0.5) is 0 Å². The van der Waals surface area contributed by atoms with Crippen molar-refractivity contribution in [3.05, 3.63) is 121 Å². The van der Waals surface area contributed by atoms with Crippen LogP contribution in [0, 0.1) is 0 Å². The summed E-state index contributed by atoms with van der Waals surface area (Å²) in [6.45, 7) is 7.67. The van der Waals surface area contributed by atoms with E-state index >= 15 is 0 Å². The van der Waals surface area contributed by atoms with Gasteiger partial charge in [-0.3, -0.25) is 14.4 Å². The van der Waals surface area contributed by atoms with E-state index in [1.54, 1.807) is 19.1 Å². The molecule has 2 amide bonds. The summed E-state index contributed by atoms with van der Waals surface area (Å²) in [7, 11) is 0. The Balaban J connectivity index is 1.57. The second-order valence-electron chi connectivity index (χ2n) is 11.4. The molecule has 0 bridgehead atoms. The Hall–Kier alpha value is -4.19. The van der Waals surface area contributed by atoms with Crippen molar-refractivity contribution in [1.29, 1.82) is 0 Å². The number of rotatable bonds is 19. The highest BCUT2D eigenvalue weighted by Crippen LogP contribution is 2.34. The molecule has 0 spiro atoms. The summed E-state index contributed by atoms with van der Waals surface area (Å²) in [6, 6.07) is 9.09. The number of carbonyl (C=O) groups excluding carboxylic acids is 3. The van der Waals surface area contributed by atoms with Crippen LogP contribution in [0.25, 0.3) is 0 Å². The summed E-state index contributed by atoms with van der Waals surface area (Å²) in [5, 5.41) is 5.74. The third-order valence-corrected chi connectivity index (χ3v) is 6.90. The van der Waals surface area contributed by atoms with Crippen LogP contribution in [0.3, 0.4) is 0 Å². The molecule has 2 N–H and O–H groups in total. The van der Waals surface area contributed by atoms with E-state index in [4.69, 9.17) is 4.74 Å². The van der Waals surface area contributed by atoms with Crippen molar-refractivity contribution in [2.45, 2.75) is 90.2 Å². The predicted molar refractivity (Wildman–Crippen MR) is 181 cm³/mol. The molecule has 1 aromatic rings. The van der Waals surface area contributed by atoms with Gasteiger partial charge >= 0.3 is 0 Å². The fourth-order valence-electron chi connectivity index (χ4n) is 4.35. The van der Waals surface area contributed by atoms with Crippen molar-refractivity contribution in [3.63, 3.8) is 0 Å². The molecule has 1 aliphatic heterocycles. The lowest BCUT2D eigenvalue weighted by Crippen LogP contribution is -2.51. The minimum absolute atomic E-state index is 0.0267. The molecule has 44 heavy (non-hydrogen) atoms. The molecule has 1 atom stereocenters. The van der Waals surface area contributed by atoms with E-state index in [9.17, 15) is 14.4 Å². The van der Waals surface area contributed by atoms with Crippen molar-refractivity contribution < 1.29 is 19.1 Å². The van der Waals surface area contributed by atoms with E-state index in [1.807, 2.05) is 38.1 Å². The second-order valence-corrected chi connectivity index (χ2v) is 11.4. The number of ketones is 1. The number of hydrogen-bond acceptors (Lipinski definition) is 4. The first-order valence-corrected chi connectivity index (χ1v) is 15.7. The van der Waals surface area contributed by atoms with Crippen molar-refractivity contribution >= 4 is 17.6 Å². The molecule has 2 rings (SSSR count). The van der Waals surface area contributed by atoms with Gasteiger partial charge in [0.05, 0.1) is 5.54 Å². The molecule has 1 heterocycles. The van der Waals surface area contributed by atoms with E-state index in [2.05, 4.69) is 84.4 Å². The van der Waals surface area contributed by atoms with E-state index in [-0.39, 0.29) is 24.0 Å². The smallest absolute Gasteiger partial charge is 0.286 e. The highest BCUT2D eigenvalue weighted by molar-refractivity contribution is 6.07. The molecule has 1 unspecified atom stereocenters. The molecule has 0 saturated carbocycles. The van der Waals surface area contributed by atoms with E-state index < -0.39 is 17.0 Å². The molecular formula is C38H50N2O4. The normalized spacial score (nSPS) is 17.5. The van der Waals surface area contributed by atoms with Crippen molar-refractivity contribution in [2.75, 3.05) is 6.54 Å². The molecule has 0 fully saturated rings. The van der Waals surface area contributed by atoms with Crippen molar-refractivity contribution in [3.8, 4) is 0 Å². The van der Waals surface area contributed by atoms with Gasteiger partial charge in [0.25, 0.3) is 5.91 Å². The first-order chi connectivity index (χ1) is 21.2. The highest BCUT2D eigenvalue weighted by Gasteiger charge is 2.43. The third-order valence-electron chi connectivity index (χ3n) is 6.90. The average Bonchev–Trinajstić information content (AvgIpc) is 3.32. The predicted octanol–water partition coefficient (Wildman–Crippen LogP) is 7.87. The van der Waals surface area contributed by atoms with Gasteiger partial charge in [0.15, 0.2) is 11.4 Å². The van der Waals surface area contributed by atoms with Gasteiger partial charge in [-0.15, -0.1) is 0 Å². The number of ether oxygens (including phenoxy) is 1. The monoisotopic (exact) mass is 598 g/mol. The Bertz CT molecular complexity index is 1260. The van der Waals surface area contributed by atoms with Crippen LogP contribution in [-0.2, 0) is 24.7 Å². The molecule has 236 valence electrons. The standard InChI is InChI=1S/C38H50N2O4/c1-5-6-7-8-9-10-11-12-13-14-15-16-17-18-19-20-21-22-26-29-35(42)40-37(2,3)31-39-36(43)33-30-34(41)38(4,44-33)32-27-24-23-25-28-32/h6-7,9-10,12-13,15-16,18-19,21-25,27-28,30H,5,8,11,14,17,20,26,29,31H2,1-4H3,(H,39,43)(H,40,42). The van der Waals surface area contributed by atoms with Gasteiger partial charge < -0.3 is 15.4 Å². The molecule has 0 saturated heterocycles. The van der Waals surface area contributed by atoms with Crippen LogP contribution in [0.15, 0.2) is 115 Å². The minimum atomic E-state index is -1.22. The van der Waals surface area contributed by atoms with Gasteiger partial charge in [-0.25, -0.2) is 0 Å². The number of benzene rings is 1. The summed E-state index contributed by atoms with van der Waals surface area (Å²) in [5.41, 5.74) is -1.21. The number of hydrogen-bond donors (Lipinski definition) is 2. The Labute approximate surface area is 264 Å². The van der Waals surface area contributed by atoms with Gasteiger partial charge in [-0.1, -0.05) is 110 Å². The largest absolute Gasteiger partial charge is 0.469 e. The number of carbonyl (C=O) groups is 3. The Kier molecular flexibility index (Phi) is 16.3. The SMILES string of the molecule is CCC=CCC=CCC=CCC=CCC=CCC=CCCC(=O)NC(C)(C)CNC(=O)C1=CC(=O)C(C)(c2ccccc2)O1. The number of nitrogens with one attached hydrogen (secondary N) is 2. The topological polar surface area (TPSA) is 84.5 Å². The van der Waals surface area contributed by atoms with Crippen LogP contribution in [0.5, 0.6) is 0 Å². The zero-order chi connectivity index (χ0) is 32.1. The van der Waals surface area contributed by atoms with Gasteiger partial charge in [0.2, 0.25) is 11.7 Å². The van der Waals surface area contributed by atoms with Gasteiger partial charge in [0.1, 0.15) is 0 Å². The maximum absolute atomic E-state index is 12.7. The van der Waals surface area contributed by atoms with E-state index in [0.717, 1.165) is 38.5 Å². The van der Waals surface area contributed by atoms with E-state index in [1.165, 1.54) is 6.08 Å². The Morgan fingerprint density at radius 3 is 1.82 bits per heavy atom. The molecule has 0 aliphatic carbocycles. The summed E-state index contributed by atoms with van der Waals surface area (Å²) < 4.78 is 5.79. The maximum atomic E-state index is 12.7. The molecule has 6 nitrogen and oxygen atoms in total. The van der Waals surface area contributed by atoms with Crippen LogP contribution in [-0.4, -0.2) is 29.7 Å². The van der Waals surface area contributed by atoms with Gasteiger partial charge in [-0.05, 0) is 65.7 Å². The lowest BCUT2D eigenvalue weighted by atomic mass is 9.92. The molecular weight excluding hydrogens is 548 g/mol. The molecule has 1 aromatic carbocycles. The number of allylic oxidation sites excluding steroid dienone is 12. The average molecular weight is 599 g/mol. The Morgan fingerprint density at radius 1 is 0.795 bits per heavy atom. The summed E-state index contributed by atoms with van der Waals surface area (Å²) >= 11 is 0. The lowest BCUT2D eigenvalue weighted by molar-refractivity contribution is -0.132. The minimum Gasteiger partial charge on any atom is -0.469 e. The first-order valence-electron chi connectivity index (χ1n) is 15.7. The maximum Gasteiger partial charge on any atom is 0.286 e. The summed E-state index contributed by atoms with van der Waals surface area (Å²) in [6.07, 6.45) is 33.9. The second kappa shape index (κ2) is 19.9. The molecule has 0 aromatic heterocycles.